The van der Waals surface area contributed by atoms with Crippen LogP contribution < -0.4 is 5.32 Å². The molecule has 0 rings (SSSR count). The molecule has 0 fully saturated rings. The van der Waals surface area contributed by atoms with Crippen molar-refractivity contribution in [2.75, 3.05) is 19.8 Å². The van der Waals surface area contributed by atoms with Gasteiger partial charge < -0.3 is 25.2 Å². The molecule has 11 nitrogen and oxygen atoms in total. The standard InChI is InChI=1S/C25H48NO10P/c1-3-5-6-7-8-9-10-11-12-13-14-15-16-17-24(29)34-18-21(27)19-35-37(32,33)36-20-22(25(30)31)26-23(28)4-2/h21-22,27H,3-20H2,1-2H3,(H,26,28)(H,30,31)(H,32,33). The minimum atomic E-state index is -4.70. The van der Waals surface area contributed by atoms with Crippen LogP contribution in [-0.2, 0) is 32.7 Å². The van der Waals surface area contributed by atoms with Crippen molar-refractivity contribution in [3.63, 3.8) is 0 Å². The summed E-state index contributed by atoms with van der Waals surface area (Å²) in [4.78, 5) is 43.9. The first kappa shape index (κ1) is 35.5. The van der Waals surface area contributed by atoms with Gasteiger partial charge in [0.15, 0.2) is 6.04 Å². The Morgan fingerprint density at radius 3 is 1.76 bits per heavy atom. The first-order valence-corrected chi connectivity index (χ1v) is 15.1. The number of nitrogens with one attached hydrogen (secondary N) is 1. The molecule has 0 aliphatic heterocycles. The minimum absolute atomic E-state index is 0.0291. The van der Waals surface area contributed by atoms with Crippen LogP contribution in [-0.4, -0.2) is 64.9 Å². The molecular formula is C25H48NO10P. The van der Waals surface area contributed by atoms with Gasteiger partial charge in [-0.05, 0) is 6.42 Å². The number of carboxylic acid groups (broad SMARTS) is 1. The third kappa shape index (κ3) is 22.2. The molecule has 0 aromatic rings. The lowest BCUT2D eigenvalue weighted by Gasteiger charge is -2.18. The fraction of sp³-hybridized carbons (Fsp3) is 0.880. The number of unbranched alkanes of at least 4 members (excludes halogenated alkanes) is 12. The number of hydrogen-bond acceptors (Lipinski definition) is 8. The van der Waals surface area contributed by atoms with Gasteiger partial charge in [-0.15, -0.1) is 0 Å². The summed E-state index contributed by atoms with van der Waals surface area (Å²) in [5.74, 6) is -2.49. The van der Waals surface area contributed by atoms with Crippen molar-refractivity contribution in [1.82, 2.24) is 5.32 Å². The quantitative estimate of drug-likeness (QED) is 0.0718. The molecule has 1 amide bonds. The molecule has 0 aromatic heterocycles. The van der Waals surface area contributed by atoms with E-state index in [0.29, 0.717) is 6.42 Å². The van der Waals surface area contributed by atoms with Crippen LogP contribution in [0.3, 0.4) is 0 Å². The number of carboxylic acids is 1. The number of phosphoric acid groups is 1. The Balaban J connectivity index is 3.82. The maximum Gasteiger partial charge on any atom is 0.472 e. The summed E-state index contributed by atoms with van der Waals surface area (Å²) in [6.07, 6.45) is 14.5. The fourth-order valence-corrected chi connectivity index (χ4v) is 4.23. The molecule has 0 spiro atoms. The second-order valence-corrected chi connectivity index (χ2v) is 10.7. The van der Waals surface area contributed by atoms with E-state index < -0.39 is 57.6 Å². The number of esters is 1. The normalized spacial score (nSPS) is 14.5. The third-order valence-electron chi connectivity index (χ3n) is 5.71. The van der Waals surface area contributed by atoms with Crippen molar-refractivity contribution in [1.29, 1.82) is 0 Å². The maximum absolute atomic E-state index is 11.9. The van der Waals surface area contributed by atoms with Gasteiger partial charge >= 0.3 is 19.8 Å². The molecule has 3 unspecified atom stereocenters. The van der Waals surface area contributed by atoms with Crippen LogP contribution in [0.4, 0.5) is 0 Å². The number of aliphatic hydroxyl groups is 1. The molecule has 0 bridgehead atoms. The summed E-state index contributed by atoms with van der Waals surface area (Å²) in [7, 11) is -4.70. The molecule has 12 heteroatoms. The number of aliphatic carboxylic acids is 1. The van der Waals surface area contributed by atoms with E-state index in [9.17, 15) is 28.9 Å². The zero-order chi connectivity index (χ0) is 27.9. The zero-order valence-electron chi connectivity index (χ0n) is 22.5. The predicted molar refractivity (Wildman–Crippen MR) is 139 cm³/mol. The lowest BCUT2D eigenvalue weighted by Crippen LogP contribution is -2.43. The summed E-state index contributed by atoms with van der Waals surface area (Å²) in [5.41, 5.74) is 0. The lowest BCUT2D eigenvalue weighted by molar-refractivity contribution is -0.147. The van der Waals surface area contributed by atoms with E-state index in [2.05, 4.69) is 21.3 Å². The molecule has 0 radical (unpaired) electrons. The van der Waals surface area contributed by atoms with Gasteiger partial charge in [0.2, 0.25) is 5.91 Å². The summed E-state index contributed by atoms with van der Waals surface area (Å²) in [6.45, 7) is 1.85. The van der Waals surface area contributed by atoms with E-state index in [0.717, 1.165) is 19.3 Å². The Labute approximate surface area is 221 Å². The van der Waals surface area contributed by atoms with Crippen molar-refractivity contribution >= 4 is 25.7 Å². The highest BCUT2D eigenvalue weighted by molar-refractivity contribution is 7.47. The van der Waals surface area contributed by atoms with Crippen molar-refractivity contribution in [2.24, 2.45) is 0 Å². The van der Waals surface area contributed by atoms with Gasteiger partial charge in [0.25, 0.3) is 0 Å². The van der Waals surface area contributed by atoms with E-state index in [1.807, 2.05) is 0 Å². The Bertz CT molecular complexity index is 676. The average Bonchev–Trinajstić information content (AvgIpc) is 2.86. The van der Waals surface area contributed by atoms with Gasteiger partial charge in [-0.1, -0.05) is 90.9 Å². The SMILES string of the molecule is CCCCCCCCCCCCCCCC(=O)OCC(O)COP(=O)(O)OCC(NC(=O)CC)C(=O)O. The van der Waals surface area contributed by atoms with Crippen molar-refractivity contribution in [3.05, 3.63) is 0 Å². The fourth-order valence-electron chi connectivity index (χ4n) is 3.45. The Hall–Kier alpha value is -1.52. The number of ether oxygens (including phenoxy) is 1. The molecule has 37 heavy (non-hydrogen) atoms. The van der Waals surface area contributed by atoms with Gasteiger partial charge in [-0.25, -0.2) is 9.36 Å². The maximum atomic E-state index is 11.9. The molecule has 0 aliphatic rings. The second kappa shape index (κ2) is 22.5. The minimum Gasteiger partial charge on any atom is -0.480 e. The van der Waals surface area contributed by atoms with Gasteiger partial charge in [-0.2, -0.15) is 0 Å². The molecular weight excluding hydrogens is 505 g/mol. The Morgan fingerprint density at radius 1 is 0.784 bits per heavy atom. The number of rotatable bonds is 25. The molecule has 0 heterocycles. The van der Waals surface area contributed by atoms with E-state index in [-0.39, 0.29) is 12.8 Å². The number of amides is 1. The predicted octanol–water partition coefficient (Wildman–Crippen LogP) is 4.48. The lowest BCUT2D eigenvalue weighted by atomic mass is 10.0. The second-order valence-electron chi connectivity index (χ2n) is 9.20. The van der Waals surface area contributed by atoms with Crippen LogP contribution in [0.1, 0.15) is 110 Å². The van der Waals surface area contributed by atoms with E-state index in [1.165, 1.54) is 64.7 Å². The molecule has 0 aromatic carbocycles. The monoisotopic (exact) mass is 553 g/mol. The topological polar surface area (TPSA) is 169 Å². The van der Waals surface area contributed by atoms with Gasteiger partial charge in [-0.3, -0.25) is 18.6 Å². The average molecular weight is 554 g/mol. The van der Waals surface area contributed by atoms with Crippen LogP contribution in [0.5, 0.6) is 0 Å². The summed E-state index contributed by atoms with van der Waals surface area (Å²) < 4.78 is 26.0. The Kier molecular flexibility index (Phi) is 21.5. The van der Waals surface area contributed by atoms with E-state index >= 15 is 0 Å². The smallest absolute Gasteiger partial charge is 0.472 e. The highest BCUT2D eigenvalue weighted by Crippen LogP contribution is 2.43. The van der Waals surface area contributed by atoms with Crippen LogP contribution in [0.25, 0.3) is 0 Å². The molecule has 3 atom stereocenters. The van der Waals surface area contributed by atoms with Crippen LogP contribution in [0.2, 0.25) is 0 Å². The number of phosphoric ester groups is 1. The summed E-state index contributed by atoms with van der Waals surface area (Å²) >= 11 is 0. The summed E-state index contributed by atoms with van der Waals surface area (Å²) in [6, 6.07) is -1.53. The van der Waals surface area contributed by atoms with E-state index in [4.69, 9.17) is 9.84 Å². The zero-order valence-corrected chi connectivity index (χ0v) is 23.4. The highest BCUT2D eigenvalue weighted by Gasteiger charge is 2.28. The van der Waals surface area contributed by atoms with Crippen LogP contribution in [0, 0.1) is 0 Å². The van der Waals surface area contributed by atoms with Crippen LogP contribution >= 0.6 is 7.82 Å². The molecule has 218 valence electrons. The number of hydrogen-bond donors (Lipinski definition) is 4. The molecule has 0 aliphatic carbocycles. The van der Waals surface area contributed by atoms with Gasteiger partial charge in [0.1, 0.15) is 12.7 Å². The number of aliphatic hydroxyl groups excluding tert-OH is 1. The molecule has 0 saturated carbocycles. The van der Waals surface area contributed by atoms with Crippen molar-refractivity contribution in [3.8, 4) is 0 Å². The first-order chi connectivity index (χ1) is 17.6. The number of carbonyl (C=O) groups is 3. The largest absolute Gasteiger partial charge is 0.480 e. The third-order valence-corrected chi connectivity index (χ3v) is 6.66. The first-order valence-electron chi connectivity index (χ1n) is 13.6. The van der Waals surface area contributed by atoms with E-state index in [1.54, 1.807) is 0 Å². The summed E-state index contributed by atoms with van der Waals surface area (Å²) in [5, 5.41) is 21.0. The van der Waals surface area contributed by atoms with Gasteiger partial charge in [0, 0.05) is 12.8 Å². The molecule has 0 saturated heterocycles. The number of carbonyl (C=O) groups excluding carboxylic acids is 2. The van der Waals surface area contributed by atoms with Crippen molar-refractivity contribution in [2.45, 2.75) is 122 Å². The molecule has 4 N–H and O–H groups in total. The Morgan fingerprint density at radius 2 is 1.27 bits per heavy atom. The van der Waals surface area contributed by atoms with Gasteiger partial charge in [0.05, 0.1) is 13.2 Å². The highest BCUT2D eigenvalue weighted by atomic mass is 31.2. The van der Waals surface area contributed by atoms with Crippen LogP contribution in [0.15, 0.2) is 0 Å². The van der Waals surface area contributed by atoms with Crippen molar-refractivity contribution < 1.29 is 47.8 Å².